The number of hydrogen-bond acceptors (Lipinski definition) is 5. The smallest absolute Gasteiger partial charge is 0.323 e. The molecule has 9 heteroatoms. The van der Waals surface area contributed by atoms with Crippen LogP contribution in [0.2, 0.25) is 5.15 Å². The van der Waals surface area contributed by atoms with E-state index in [1.54, 1.807) is 6.92 Å². The molecule has 1 heterocycles. The summed E-state index contributed by atoms with van der Waals surface area (Å²) in [6.07, 6.45) is 0.701. The van der Waals surface area contributed by atoms with E-state index in [0.29, 0.717) is 18.7 Å². The molecule has 1 aromatic carbocycles. The fourth-order valence-electron chi connectivity index (χ4n) is 2.63. The third-order valence-electron chi connectivity index (χ3n) is 3.85. The molecule has 0 radical (unpaired) electrons. The molecule has 2 N–H and O–H groups in total. The van der Waals surface area contributed by atoms with Crippen LogP contribution in [0.3, 0.4) is 0 Å². The number of carboxylic acid groups (broad SMARTS) is 1. The Morgan fingerprint density at radius 1 is 1.33 bits per heavy atom. The molecule has 27 heavy (non-hydrogen) atoms. The fourth-order valence-corrected chi connectivity index (χ4v) is 2.82. The van der Waals surface area contributed by atoms with Crippen molar-refractivity contribution in [3.8, 4) is 0 Å². The Labute approximate surface area is 169 Å². The average molecular weight is 415 g/mol. The van der Waals surface area contributed by atoms with Gasteiger partial charge in [-0.05, 0) is 38.6 Å². The number of hydrogen-bond donors (Lipinski definition) is 2. The van der Waals surface area contributed by atoms with Crippen molar-refractivity contribution in [3.05, 3.63) is 56.6 Å². The molecule has 0 aliphatic heterocycles. The van der Waals surface area contributed by atoms with Crippen molar-refractivity contribution in [3.63, 3.8) is 0 Å². The minimum atomic E-state index is -1.11. The normalized spacial score (nSPS) is 10.6. The van der Waals surface area contributed by atoms with Crippen LogP contribution in [0.4, 0.5) is 5.82 Å². The Kier molecular flexibility index (Phi) is 8.75. The van der Waals surface area contributed by atoms with E-state index in [-0.39, 0.29) is 23.4 Å². The fraction of sp³-hybridized carbons (Fsp3) is 0.389. The Morgan fingerprint density at radius 2 is 2.00 bits per heavy atom. The number of nitrogens with zero attached hydrogens (tertiary/aromatic N) is 3. The van der Waals surface area contributed by atoms with Gasteiger partial charge < -0.3 is 15.3 Å². The molecule has 0 unspecified atom stereocenters. The predicted molar refractivity (Wildman–Crippen MR) is 109 cm³/mol. The molecule has 0 saturated heterocycles. The van der Waals surface area contributed by atoms with Gasteiger partial charge in [0.15, 0.2) is 11.0 Å². The largest absolute Gasteiger partial charge is 0.480 e. The Hall–Kier alpha value is -2.09. The number of rotatable bonds is 8. The summed E-state index contributed by atoms with van der Waals surface area (Å²) < 4.78 is 1.11. The van der Waals surface area contributed by atoms with Crippen molar-refractivity contribution in [2.75, 3.05) is 26.0 Å². The first-order chi connectivity index (χ1) is 12.3. The molecule has 0 amide bonds. The molecule has 0 aliphatic carbocycles. The molecule has 1 aromatic heterocycles. The average Bonchev–Trinajstić information content (AvgIpc) is 2.56. The van der Waals surface area contributed by atoms with Crippen LogP contribution in [0.5, 0.6) is 0 Å². The number of halogens is 2. The molecule has 0 bridgehead atoms. The van der Waals surface area contributed by atoms with E-state index in [9.17, 15) is 9.59 Å². The molecule has 0 saturated carbocycles. The highest BCUT2D eigenvalue weighted by Gasteiger charge is 2.14. The quantitative estimate of drug-likeness (QED) is 0.689. The van der Waals surface area contributed by atoms with Gasteiger partial charge in [0.25, 0.3) is 5.56 Å². The third kappa shape index (κ3) is 6.53. The molecule has 2 aromatic rings. The van der Waals surface area contributed by atoms with Crippen LogP contribution in [0.1, 0.15) is 16.8 Å². The Bertz CT molecular complexity index is 853. The first kappa shape index (κ1) is 23.0. The summed E-state index contributed by atoms with van der Waals surface area (Å²) in [6.45, 7) is 2.46. The second-order valence-electron chi connectivity index (χ2n) is 6.36. The number of carbonyl (C=O) groups is 1. The van der Waals surface area contributed by atoms with Crippen LogP contribution in [-0.4, -0.2) is 46.2 Å². The second kappa shape index (κ2) is 10.3. The Balaban J connectivity index is 0.00000364. The van der Waals surface area contributed by atoms with Crippen LogP contribution in [0, 0.1) is 6.92 Å². The van der Waals surface area contributed by atoms with Gasteiger partial charge in [0.1, 0.15) is 6.54 Å². The lowest BCUT2D eigenvalue weighted by atomic mass is 10.1. The van der Waals surface area contributed by atoms with Crippen molar-refractivity contribution in [2.45, 2.75) is 26.4 Å². The van der Waals surface area contributed by atoms with Crippen LogP contribution in [0.15, 0.2) is 29.1 Å². The van der Waals surface area contributed by atoms with Crippen LogP contribution < -0.4 is 10.9 Å². The second-order valence-corrected chi connectivity index (χ2v) is 6.71. The van der Waals surface area contributed by atoms with Gasteiger partial charge in [-0.2, -0.15) is 0 Å². The Morgan fingerprint density at radius 3 is 2.63 bits per heavy atom. The summed E-state index contributed by atoms with van der Waals surface area (Å²) in [5, 5.41) is 12.0. The van der Waals surface area contributed by atoms with Gasteiger partial charge in [0, 0.05) is 13.1 Å². The lowest BCUT2D eigenvalue weighted by Gasteiger charge is -2.13. The number of aromatic nitrogens is 2. The van der Waals surface area contributed by atoms with Gasteiger partial charge in [-0.25, -0.2) is 4.98 Å². The van der Waals surface area contributed by atoms with Crippen LogP contribution >= 0.6 is 24.0 Å². The van der Waals surface area contributed by atoms with E-state index in [1.807, 2.05) is 26.2 Å². The summed E-state index contributed by atoms with van der Waals surface area (Å²) in [5.74, 6) is -1.05. The lowest BCUT2D eigenvalue weighted by molar-refractivity contribution is -0.137. The van der Waals surface area contributed by atoms with Crippen molar-refractivity contribution < 1.29 is 9.90 Å². The zero-order valence-corrected chi connectivity index (χ0v) is 17.1. The van der Waals surface area contributed by atoms with Gasteiger partial charge in [-0.1, -0.05) is 35.9 Å². The lowest BCUT2D eigenvalue weighted by Crippen LogP contribution is -2.30. The van der Waals surface area contributed by atoms with Crippen molar-refractivity contribution in [1.29, 1.82) is 0 Å². The maximum absolute atomic E-state index is 12.4. The molecule has 0 fully saturated rings. The minimum Gasteiger partial charge on any atom is -0.480 e. The van der Waals surface area contributed by atoms with Crippen LogP contribution in [-0.2, 0) is 24.3 Å². The van der Waals surface area contributed by atoms with Gasteiger partial charge >= 0.3 is 5.97 Å². The topological polar surface area (TPSA) is 87.5 Å². The van der Waals surface area contributed by atoms with E-state index in [0.717, 1.165) is 16.7 Å². The molecule has 2 rings (SSSR count). The van der Waals surface area contributed by atoms with Gasteiger partial charge in [0.2, 0.25) is 0 Å². The number of aliphatic carboxylic acids is 1. The van der Waals surface area contributed by atoms with Gasteiger partial charge in [0.05, 0.1) is 5.69 Å². The summed E-state index contributed by atoms with van der Waals surface area (Å²) in [5.41, 5.74) is 2.20. The number of nitrogens with one attached hydrogen (secondary N) is 1. The SMILES string of the molecule is Cc1c(Cl)nc(NCCc2cccc(CN(C)C)c2)c(=O)n1CC(=O)O.Cl. The molecule has 0 aliphatic rings. The van der Waals surface area contributed by atoms with Gasteiger partial charge in [-0.3, -0.25) is 14.2 Å². The summed E-state index contributed by atoms with van der Waals surface area (Å²) in [6, 6.07) is 8.23. The van der Waals surface area contributed by atoms with Crippen molar-refractivity contribution in [1.82, 2.24) is 14.5 Å². The van der Waals surface area contributed by atoms with Crippen molar-refractivity contribution in [2.24, 2.45) is 0 Å². The first-order valence-electron chi connectivity index (χ1n) is 8.23. The van der Waals surface area contributed by atoms with E-state index in [4.69, 9.17) is 16.7 Å². The third-order valence-corrected chi connectivity index (χ3v) is 4.21. The number of carboxylic acids is 1. The summed E-state index contributed by atoms with van der Waals surface area (Å²) in [4.78, 5) is 29.5. The predicted octanol–water partition coefficient (Wildman–Crippen LogP) is 2.43. The maximum atomic E-state index is 12.4. The maximum Gasteiger partial charge on any atom is 0.323 e. The van der Waals surface area contributed by atoms with Crippen molar-refractivity contribution >= 4 is 35.8 Å². The molecule has 0 atom stereocenters. The van der Waals surface area contributed by atoms with E-state index >= 15 is 0 Å². The monoisotopic (exact) mass is 414 g/mol. The summed E-state index contributed by atoms with van der Waals surface area (Å²) in [7, 11) is 4.03. The number of anilines is 1. The standard InChI is InChI=1S/C18H23ClN4O3.ClH/c1-12-16(19)21-17(18(26)23(12)11-15(24)25)20-8-7-13-5-4-6-14(9-13)10-22(2)3;/h4-6,9H,7-8,10-11H2,1-3H3,(H,20,21)(H,24,25);1H. The highest BCUT2D eigenvalue weighted by molar-refractivity contribution is 6.30. The summed E-state index contributed by atoms with van der Waals surface area (Å²) >= 11 is 6.03. The molecular weight excluding hydrogens is 391 g/mol. The minimum absolute atomic E-state index is 0. The van der Waals surface area contributed by atoms with E-state index in [2.05, 4.69) is 27.3 Å². The number of benzene rings is 1. The van der Waals surface area contributed by atoms with E-state index < -0.39 is 18.1 Å². The van der Waals surface area contributed by atoms with Gasteiger partial charge in [-0.15, -0.1) is 12.4 Å². The zero-order valence-electron chi connectivity index (χ0n) is 15.5. The van der Waals surface area contributed by atoms with E-state index in [1.165, 1.54) is 5.56 Å². The zero-order chi connectivity index (χ0) is 19.3. The molecular formula is C18H24Cl2N4O3. The van der Waals surface area contributed by atoms with Crippen LogP contribution in [0.25, 0.3) is 0 Å². The molecule has 0 spiro atoms. The molecule has 148 valence electrons. The first-order valence-corrected chi connectivity index (χ1v) is 8.61. The highest BCUT2D eigenvalue weighted by atomic mass is 35.5. The highest BCUT2D eigenvalue weighted by Crippen LogP contribution is 2.13. The molecule has 7 nitrogen and oxygen atoms in total.